The van der Waals surface area contributed by atoms with Crippen LogP contribution in [-0.4, -0.2) is 30.8 Å². The van der Waals surface area contributed by atoms with Gasteiger partial charge in [-0.1, -0.05) is 30.6 Å². The van der Waals surface area contributed by atoms with Gasteiger partial charge in [0.15, 0.2) is 5.78 Å². The summed E-state index contributed by atoms with van der Waals surface area (Å²) in [5.41, 5.74) is 4.19. The van der Waals surface area contributed by atoms with Crippen molar-refractivity contribution in [2.45, 2.75) is 83.7 Å². The number of Topliss-reactive ketones (excluding diaryl/α,β-unsaturated/α-hetero) is 1. The van der Waals surface area contributed by atoms with Crippen LogP contribution in [0.5, 0.6) is 0 Å². The first-order chi connectivity index (χ1) is 18.5. The highest BCUT2D eigenvalue weighted by Gasteiger charge is 2.65. The summed E-state index contributed by atoms with van der Waals surface area (Å²) < 4.78 is 40.1. The van der Waals surface area contributed by atoms with E-state index in [1.807, 2.05) is 13.0 Å². The molecule has 0 amide bonds. The van der Waals surface area contributed by atoms with E-state index >= 15 is 0 Å². The Bertz CT molecular complexity index is 1320. The molecule has 6 rings (SSSR count). The number of benzene rings is 1. The smallest absolute Gasteiger partial charge is 0.372 e. The highest BCUT2D eigenvalue weighted by molar-refractivity contribution is 5.93. The Labute approximate surface area is 228 Å². The van der Waals surface area contributed by atoms with E-state index in [4.69, 9.17) is 0 Å². The normalized spacial score (nSPS) is 34.1. The van der Waals surface area contributed by atoms with E-state index < -0.39 is 17.0 Å². The monoisotopic (exact) mass is 535 g/mol. The van der Waals surface area contributed by atoms with E-state index in [-0.39, 0.29) is 29.3 Å². The minimum Gasteiger partial charge on any atom is -0.372 e. The molecule has 5 atom stereocenters. The molecule has 3 fully saturated rings. The summed E-state index contributed by atoms with van der Waals surface area (Å²) in [6.45, 7) is 5.59. The molecular formula is C33H36F3NO2. The van der Waals surface area contributed by atoms with Crippen LogP contribution in [0.1, 0.15) is 83.1 Å². The van der Waals surface area contributed by atoms with Crippen molar-refractivity contribution in [3.05, 3.63) is 52.6 Å². The predicted octanol–water partition coefficient (Wildman–Crippen LogP) is 7.33. The number of alkyl halides is 3. The molecule has 39 heavy (non-hydrogen) atoms. The summed E-state index contributed by atoms with van der Waals surface area (Å²) in [6.07, 6.45) is 4.14. The molecular weight excluding hydrogens is 499 g/mol. The largest absolute Gasteiger partial charge is 0.457 e. The number of fused-ring (bicyclic) bond motifs is 4. The van der Waals surface area contributed by atoms with Crippen LogP contribution in [0.2, 0.25) is 0 Å². The first-order valence-corrected chi connectivity index (χ1v) is 14.5. The summed E-state index contributed by atoms with van der Waals surface area (Å²) in [5.74, 6) is 4.26. The molecule has 5 aliphatic rings. The van der Waals surface area contributed by atoms with Crippen molar-refractivity contribution in [3.8, 4) is 11.8 Å². The van der Waals surface area contributed by atoms with Crippen LogP contribution in [0.4, 0.5) is 18.9 Å². The van der Waals surface area contributed by atoms with Gasteiger partial charge in [-0.2, -0.15) is 13.2 Å². The second-order valence-electron chi connectivity index (χ2n) is 12.5. The fourth-order valence-electron chi connectivity index (χ4n) is 8.93. The number of carbonyl (C=O) groups is 2. The van der Waals surface area contributed by atoms with Crippen LogP contribution >= 0.6 is 0 Å². The van der Waals surface area contributed by atoms with Gasteiger partial charge in [0.25, 0.3) is 0 Å². The molecule has 0 spiro atoms. The Balaban J connectivity index is 1.49. The number of allylic oxidation sites excluding steroid dienone is 4. The van der Waals surface area contributed by atoms with Gasteiger partial charge in [-0.3, -0.25) is 9.59 Å². The van der Waals surface area contributed by atoms with E-state index in [0.29, 0.717) is 25.7 Å². The van der Waals surface area contributed by atoms with Crippen LogP contribution in [-0.2, 0) is 9.59 Å². The first kappa shape index (κ1) is 26.4. The number of nitrogens with zero attached hydrogens (tertiary/aromatic N) is 1. The van der Waals surface area contributed by atoms with E-state index in [9.17, 15) is 22.8 Å². The molecule has 0 radical (unpaired) electrons. The van der Waals surface area contributed by atoms with Crippen LogP contribution in [0.25, 0.3) is 0 Å². The molecule has 1 aromatic rings. The van der Waals surface area contributed by atoms with Crippen LogP contribution in [0.3, 0.4) is 0 Å². The lowest BCUT2D eigenvalue weighted by molar-refractivity contribution is -0.130. The number of ketones is 2. The maximum absolute atomic E-state index is 13.4. The molecule has 1 heterocycles. The van der Waals surface area contributed by atoms with Crippen LogP contribution in [0.15, 0.2) is 47.1 Å². The molecule has 1 aliphatic heterocycles. The van der Waals surface area contributed by atoms with Crippen molar-refractivity contribution in [1.29, 1.82) is 0 Å². The number of anilines is 1. The highest BCUT2D eigenvalue weighted by atomic mass is 19.4. The van der Waals surface area contributed by atoms with Crippen molar-refractivity contribution >= 4 is 17.3 Å². The molecule has 6 heteroatoms. The summed E-state index contributed by atoms with van der Waals surface area (Å²) in [6, 6.07) is 8.72. The van der Waals surface area contributed by atoms with Crippen molar-refractivity contribution in [1.82, 2.24) is 0 Å². The zero-order chi connectivity index (χ0) is 27.6. The fourth-order valence-corrected chi connectivity index (χ4v) is 8.93. The van der Waals surface area contributed by atoms with E-state index in [0.717, 1.165) is 43.5 Å². The third-order valence-electron chi connectivity index (χ3n) is 10.7. The van der Waals surface area contributed by atoms with Gasteiger partial charge in [-0.25, -0.2) is 0 Å². The molecule has 206 valence electrons. The van der Waals surface area contributed by atoms with Crippen molar-refractivity contribution in [2.75, 3.05) is 18.0 Å². The lowest BCUT2D eigenvalue weighted by Gasteiger charge is -2.54. The standard InChI is InChI=1S/C33H36F3NO2/c1-21(38)32(15-16-33(34,35)36)14-13-29-27-11-7-23-19-25(39)10-12-26(23)30(27)28(20-31(29,32)2)22-5-8-24(9-6-22)37-17-3-4-18-37/h5-6,8-9,19,27-29H,3-4,7,10-14,17-18,20H2,1-2H3/t27-,28?,29-,31-,32-/m0/s1. The molecule has 0 N–H and O–H groups in total. The van der Waals surface area contributed by atoms with E-state index in [1.165, 1.54) is 42.5 Å². The maximum Gasteiger partial charge on any atom is 0.457 e. The highest BCUT2D eigenvalue weighted by Crippen LogP contribution is 2.69. The SMILES string of the molecule is CC(=O)[C@@]1(C#CC(F)(F)F)CC[C@H]2[C@@H]3CCC4=CC(=O)CCC4=C3C(c3ccc(N4CCCC4)cc3)C[C@@]21C. The van der Waals surface area contributed by atoms with Gasteiger partial charge in [0.05, 0.1) is 5.41 Å². The first-order valence-electron chi connectivity index (χ1n) is 14.5. The van der Waals surface area contributed by atoms with E-state index in [1.54, 1.807) is 0 Å². The Morgan fingerprint density at radius 3 is 2.44 bits per heavy atom. The molecule has 4 aliphatic carbocycles. The topological polar surface area (TPSA) is 37.4 Å². The minimum absolute atomic E-state index is 0.0136. The summed E-state index contributed by atoms with van der Waals surface area (Å²) in [5, 5.41) is 0. The number of halogens is 3. The summed E-state index contributed by atoms with van der Waals surface area (Å²) in [7, 11) is 0. The number of carbonyl (C=O) groups excluding carboxylic acids is 2. The Morgan fingerprint density at radius 1 is 1.05 bits per heavy atom. The zero-order valence-corrected chi connectivity index (χ0v) is 22.8. The Kier molecular flexibility index (Phi) is 6.36. The van der Waals surface area contributed by atoms with Gasteiger partial charge in [0.2, 0.25) is 0 Å². The molecule has 2 saturated carbocycles. The van der Waals surface area contributed by atoms with Gasteiger partial charge in [-0.05, 0) is 110 Å². The minimum atomic E-state index is -4.64. The molecule has 1 saturated heterocycles. The second-order valence-corrected chi connectivity index (χ2v) is 12.5. The van der Waals surface area contributed by atoms with Gasteiger partial charge in [0.1, 0.15) is 5.78 Å². The average Bonchev–Trinajstić information content (AvgIpc) is 3.53. The lowest BCUT2D eigenvalue weighted by Crippen LogP contribution is -2.50. The molecule has 1 aromatic carbocycles. The van der Waals surface area contributed by atoms with Gasteiger partial charge < -0.3 is 4.90 Å². The Hall–Kier alpha value is -2.81. The van der Waals surface area contributed by atoms with Crippen LogP contribution < -0.4 is 4.90 Å². The third kappa shape index (κ3) is 4.28. The van der Waals surface area contributed by atoms with Crippen molar-refractivity contribution in [2.24, 2.45) is 22.7 Å². The van der Waals surface area contributed by atoms with Crippen molar-refractivity contribution < 1.29 is 22.8 Å². The number of rotatable bonds is 3. The quantitative estimate of drug-likeness (QED) is 0.381. The van der Waals surface area contributed by atoms with Gasteiger partial charge in [0, 0.05) is 37.0 Å². The molecule has 0 bridgehead atoms. The van der Waals surface area contributed by atoms with E-state index in [2.05, 4.69) is 35.1 Å². The Morgan fingerprint density at radius 2 is 1.77 bits per heavy atom. The average molecular weight is 536 g/mol. The third-order valence-corrected chi connectivity index (χ3v) is 10.7. The molecule has 3 nitrogen and oxygen atoms in total. The van der Waals surface area contributed by atoms with Crippen LogP contribution in [0, 0.1) is 34.5 Å². The van der Waals surface area contributed by atoms with Crippen molar-refractivity contribution in [3.63, 3.8) is 0 Å². The van der Waals surface area contributed by atoms with Gasteiger partial charge >= 0.3 is 6.18 Å². The molecule has 0 aromatic heterocycles. The predicted molar refractivity (Wildman–Crippen MR) is 145 cm³/mol. The summed E-state index contributed by atoms with van der Waals surface area (Å²) >= 11 is 0. The number of hydrogen-bond acceptors (Lipinski definition) is 3. The lowest BCUT2D eigenvalue weighted by atomic mass is 9.48. The molecule has 1 unspecified atom stereocenters. The second kappa shape index (κ2) is 9.39. The maximum atomic E-state index is 13.4. The summed E-state index contributed by atoms with van der Waals surface area (Å²) in [4.78, 5) is 28.0. The number of hydrogen-bond donors (Lipinski definition) is 0. The van der Waals surface area contributed by atoms with Gasteiger partial charge in [-0.15, -0.1) is 0 Å². The zero-order valence-electron chi connectivity index (χ0n) is 22.8. The fraction of sp³-hybridized carbons (Fsp3) is 0.576.